The molecular formula is C16H16N2O4. The fraction of sp³-hybridized carbons (Fsp3) is 0.250. The molecule has 0 bridgehead atoms. The number of anilines is 2. The molecule has 2 unspecified atom stereocenters. The normalized spacial score (nSPS) is 19.5. The molecule has 2 aromatic rings. The minimum absolute atomic E-state index is 0.535. The van der Waals surface area contributed by atoms with Gasteiger partial charge in [-0.15, -0.1) is 0 Å². The Morgan fingerprint density at radius 2 is 1.32 bits per heavy atom. The monoisotopic (exact) mass is 300 g/mol. The standard InChI is InChI=1S/C16H16N2O4/c1-21-15(19)13-14(16(20)22-2)18-11-8-4-6-9-5-3-7-10(17-13)12(9)11/h3-8,13-14,17-18H,1-2H3. The van der Waals surface area contributed by atoms with Crippen LogP contribution in [0.4, 0.5) is 11.4 Å². The maximum Gasteiger partial charge on any atom is 0.331 e. The molecule has 1 heterocycles. The van der Waals surface area contributed by atoms with Crippen LogP contribution in [0.3, 0.4) is 0 Å². The number of benzene rings is 2. The van der Waals surface area contributed by atoms with Crippen molar-refractivity contribution in [1.82, 2.24) is 0 Å². The van der Waals surface area contributed by atoms with E-state index in [1.165, 1.54) is 14.2 Å². The van der Waals surface area contributed by atoms with Crippen LogP contribution in [0.1, 0.15) is 0 Å². The fourth-order valence-electron chi connectivity index (χ4n) is 2.73. The highest BCUT2D eigenvalue weighted by atomic mass is 16.5. The molecule has 0 saturated carbocycles. The van der Waals surface area contributed by atoms with E-state index in [-0.39, 0.29) is 0 Å². The van der Waals surface area contributed by atoms with Crippen LogP contribution in [0.5, 0.6) is 0 Å². The van der Waals surface area contributed by atoms with E-state index >= 15 is 0 Å². The lowest BCUT2D eigenvalue weighted by atomic mass is 10.1. The van der Waals surface area contributed by atoms with Gasteiger partial charge in [0.25, 0.3) is 0 Å². The smallest absolute Gasteiger partial charge is 0.331 e. The van der Waals surface area contributed by atoms with Crippen molar-refractivity contribution in [2.24, 2.45) is 0 Å². The summed E-state index contributed by atoms with van der Waals surface area (Å²) in [6, 6.07) is 9.69. The maximum absolute atomic E-state index is 12.1. The Labute approximate surface area is 127 Å². The van der Waals surface area contributed by atoms with E-state index < -0.39 is 24.0 Å². The zero-order valence-electron chi connectivity index (χ0n) is 12.3. The molecule has 0 spiro atoms. The third kappa shape index (κ3) is 2.22. The van der Waals surface area contributed by atoms with Crippen LogP contribution in [0, 0.1) is 0 Å². The molecule has 2 aromatic carbocycles. The molecule has 6 nitrogen and oxygen atoms in total. The molecule has 6 heteroatoms. The highest BCUT2D eigenvalue weighted by Crippen LogP contribution is 2.34. The summed E-state index contributed by atoms with van der Waals surface area (Å²) in [5.74, 6) is -1.07. The van der Waals surface area contributed by atoms with Crippen molar-refractivity contribution in [2.45, 2.75) is 12.1 Å². The topological polar surface area (TPSA) is 76.7 Å². The number of rotatable bonds is 2. The van der Waals surface area contributed by atoms with Gasteiger partial charge in [0.15, 0.2) is 12.1 Å². The molecule has 2 atom stereocenters. The summed E-state index contributed by atoms with van der Waals surface area (Å²) in [5.41, 5.74) is 1.53. The largest absolute Gasteiger partial charge is 0.467 e. The fourth-order valence-corrected chi connectivity index (χ4v) is 2.73. The Morgan fingerprint density at radius 1 is 0.864 bits per heavy atom. The van der Waals surface area contributed by atoms with Gasteiger partial charge in [0, 0.05) is 16.8 Å². The number of esters is 2. The second-order valence-corrected chi connectivity index (χ2v) is 5.00. The van der Waals surface area contributed by atoms with E-state index in [1.807, 2.05) is 36.4 Å². The minimum Gasteiger partial charge on any atom is -0.467 e. The van der Waals surface area contributed by atoms with Gasteiger partial charge in [-0.3, -0.25) is 0 Å². The highest BCUT2D eigenvalue weighted by Gasteiger charge is 2.38. The zero-order valence-corrected chi connectivity index (χ0v) is 12.3. The van der Waals surface area contributed by atoms with Crippen LogP contribution in [0.15, 0.2) is 36.4 Å². The van der Waals surface area contributed by atoms with Crippen LogP contribution < -0.4 is 10.6 Å². The molecule has 0 radical (unpaired) electrons. The van der Waals surface area contributed by atoms with Gasteiger partial charge in [-0.2, -0.15) is 0 Å². The van der Waals surface area contributed by atoms with Crippen molar-refractivity contribution in [3.8, 4) is 0 Å². The van der Waals surface area contributed by atoms with Gasteiger partial charge < -0.3 is 20.1 Å². The molecule has 1 aliphatic heterocycles. The van der Waals surface area contributed by atoms with Crippen LogP contribution in [0.2, 0.25) is 0 Å². The van der Waals surface area contributed by atoms with Crippen molar-refractivity contribution in [3.63, 3.8) is 0 Å². The average Bonchev–Trinajstić information content (AvgIpc) is 2.72. The first-order chi connectivity index (χ1) is 10.7. The Morgan fingerprint density at radius 3 is 1.73 bits per heavy atom. The van der Waals surface area contributed by atoms with Crippen LogP contribution in [-0.2, 0) is 19.1 Å². The Hall–Kier alpha value is -2.76. The lowest BCUT2D eigenvalue weighted by Gasteiger charge is -2.23. The predicted molar refractivity (Wildman–Crippen MR) is 82.8 cm³/mol. The molecule has 22 heavy (non-hydrogen) atoms. The Kier molecular flexibility index (Phi) is 3.58. The van der Waals surface area contributed by atoms with Gasteiger partial charge in [-0.1, -0.05) is 24.3 Å². The van der Waals surface area contributed by atoms with Gasteiger partial charge >= 0.3 is 11.9 Å². The summed E-state index contributed by atoms with van der Waals surface area (Å²) in [6.45, 7) is 0. The molecule has 1 aliphatic rings. The van der Waals surface area contributed by atoms with E-state index in [4.69, 9.17) is 9.47 Å². The molecule has 0 saturated heterocycles. The number of methoxy groups -OCH3 is 2. The van der Waals surface area contributed by atoms with Crippen molar-refractivity contribution in [1.29, 1.82) is 0 Å². The zero-order chi connectivity index (χ0) is 15.7. The van der Waals surface area contributed by atoms with E-state index in [0.29, 0.717) is 0 Å². The van der Waals surface area contributed by atoms with Crippen LogP contribution >= 0.6 is 0 Å². The predicted octanol–water partition coefficient (Wildman–Crippen LogP) is 1.76. The SMILES string of the molecule is COC(=O)C1Nc2cccc3cccc(c23)NC1C(=O)OC. The van der Waals surface area contributed by atoms with E-state index in [0.717, 1.165) is 22.1 Å². The minimum atomic E-state index is -0.879. The summed E-state index contributed by atoms with van der Waals surface area (Å²) < 4.78 is 9.63. The average molecular weight is 300 g/mol. The second-order valence-electron chi connectivity index (χ2n) is 5.00. The molecule has 114 valence electrons. The molecule has 0 amide bonds. The highest BCUT2D eigenvalue weighted by molar-refractivity contribution is 6.07. The third-order valence-corrected chi connectivity index (χ3v) is 3.77. The molecule has 3 rings (SSSR count). The van der Waals surface area contributed by atoms with Gasteiger partial charge in [0.1, 0.15) is 0 Å². The number of nitrogens with one attached hydrogen (secondary N) is 2. The number of carbonyl (C=O) groups is 2. The molecular weight excluding hydrogens is 284 g/mol. The third-order valence-electron chi connectivity index (χ3n) is 3.77. The number of hydrogen-bond donors (Lipinski definition) is 2. The Balaban J connectivity index is 2.16. The first-order valence-electron chi connectivity index (χ1n) is 6.86. The van der Waals surface area contributed by atoms with Gasteiger partial charge in [-0.05, 0) is 17.5 Å². The van der Waals surface area contributed by atoms with E-state index in [1.54, 1.807) is 0 Å². The number of ether oxygens (including phenoxy) is 2. The second kappa shape index (κ2) is 5.55. The van der Waals surface area contributed by atoms with Crippen LogP contribution in [-0.4, -0.2) is 38.2 Å². The quantitative estimate of drug-likeness (QED) is 0.823. The first kappa shape index (κ1) is 14.2. The summed E-state index contributed by atoms with van der Waals surface area (Å²) >= 11 is 0. The summed E-state index contributed by atoms with van der Waals surface area (Å²) in [7, 11) is 2.58. The van der Waals surface area contributed by atoms with Crippen molar-refractivity contribution in [3.05, 3.63) is 36.4 Å². The number of hydrogen-bond acceptors (Lipinski definition) is 6. The summed E-state index contributed by atoms with van der Waals surface area (Å²) in [6.07, 6.45) is 0. The maximum atomic E-state index is 12.1. The lowest BCUT2D eigenvalue weighted by molar-refractivity contribution is -0.148. The Bertz CT molecular complexity index is 685. The van der Waals surface area contributed by atoms with Crippen molar-refractivity contribution < 1.29 is 19.1 Å². The summed E-state index contributed by atoms with van der Waals surface area (Å²) in [4.78, 5) is 24.2. The molecule has 0 aromatic heterocycles. The van der Waals surface area contributed by atoms with Gasteiger partial charge in [0.05, 0.1) is 14.2 Å². The first-order valence-corrected chi connectivity index (χ1v) is 6.86. The molecule has 2 N–H and O–H groups in total. The molecule has 0 aliphatic carbocycles. The summed E-state index contributed by atoms with van der Waals surface area (Å²) in [5, 5.41) is 8.13. The van der Waals surface area contributed by atoms with Gasteiger partial charge in [-0.25, -0.2) is 9.59 Å². The molecule has 0 fully saturated rings. The van der Waals surface area contributed by atoms with E-state index in [2.05, 4.69) is 10.6 Å². The van der Waals surface area contributed by atoms with Crippen molar-refractivity contribution in [2.75, 3.05) is 24.9 Å². The lowest BCUT2D eigenvalue weighted by Crippen LogP contribution is -2.49. The number of carbonyl (C=O) groups excluding carboxylic acids is 2. The van der Waals surface area contributed by atoms with Gasteiger partial charge in [0.2, 0.25) is 0 Å². The van der Waals surface area contributed by atoms with E-state index in [9.17, 15) is 9.59 Å². The van der Waals surface area contributed by atoms with Crippen LogP contribution in [0.25, 0.3) is 10.8 Å². The van der Waals surface area contributed by atoms with Crippen molar-refractivity contribution >= 4 is 34.1 Å².